The van der Waals surface area contributed by atoms with Crippen molar-refractivity contribution in [3.05, 3.63) is 10.6 Å². The zero-order chi connectivity index (χ0) is 14.4. The van der Waals surface area contributed by atoms with Gasteiger partial charge in [-0.3, -0.25) is 0 Å². The van der Waals surface area contributed by atoms with Crippen LogP contribution >= 0.6 is 23.1 Å². The molecule has 1 unspecified atom stereocenters. The summed E-state index contributed by atoms with van der Waals surface area (Å²) in [5.74, 6) is 1.23. The SMILES string of the molecule is CCCNCc1sc(N2CCSC(C)C2)nc1CCC. The minimum atomic E-state index is 0.726. The Bertz CT molecular complexity index is 406. The van der Waals surface area contributed by atoms with Gasteiger partial charge in [-0.1, -0.05) is 27.2 Å². The summed E-state index contributed by atoms with van der Waals surface area (Å²) in [6.07, 6.45) is 3.48. The molecule has 114 valence electrons. The fourth-order valence-corrected chi connectivity index (χ4v) is 4.57. The summed E-state index contributed by atoms with van der Waals surface area (Å²) in [6.45, 7) is 11.1. The van der Waals surface area contributed by atoms with Crippen molar-refractivity contribution in [3.8, 4) is 0 Å². The van der Waals surface area contributed by atoms with E-state index in [0.29, 0.717) is 0 Å². The fourth-order valence-electron chi connectivity index (χ4n) is 2.45. The van der Waals surface area contributed by atoms with Crippen molar-refractivity contribution in [1.82, 2.24) is 10.3 Å². The van der Waals surface area contributed by atoms with Gasteiger partial charge < -0.3 is 10.2 Å². The molecule has 1 saturated heterocycles. The van der Waals surface area contributed by atoms with Crippen molar-refractivity contribution < 1.29 is 0 Å². The lowest BCUT2D eigenvalue weighted by atomic mass is 10.2. The highest BCUT2D eigenvalue weighted by Gasteiger charge is 2.21. The lowest BCUT2D eigenvalue weighted by Crippen LogP contribution is -2.36. The number of aryl methyl sites for hydroxylation is 1. The Morgan fingerprint density at radius 1 is 1.35 bits per heavy atom. The van der Waals surface area contributed by atoms with Gasteiger partial charge in [0.05, 0.1) is 5.69 Å². The number of thioether (sulfide) groups is 1. The summed E-state index contributed by atoms with van der Waals surface area (Å²) in [4.78, 5) is 8.86. The first-order valence-corrected chi connectivity index (χ1v) is 9.67. The molecule has 20 heavy (non-hydrogen) atoms. The molecule has 0 aliphatic carbocycles. The number of nitrogens with one attached hydrogen (secondary N) is 1. The van der Waals surface area contributed by atoms with Gasteiger partial charge in [0.1, 0.15) is 0 Å². The molecule has 0 radical (unpaired) electrons. The molecule has 1 N–H and O–H groups in total. The Kier molecular flexibility index (Phi) is 6.65. The van der Waals surface area contributed by atoms with Crippen LogP contribution in [0.2, 0.25) is 0 Å². The van der Waals surface area contributed by atoms with Gasteiger partial charge in [0.25, 0.3) is 0 Å². The Labute approximate surface area is 131 Å². The first-order chi connectivity index (χ1) is 9.74. The van der Waals surface area contributed by atoms with Crippen molar-refractivity contribution in [3.63, 3.8) is 0 Å². The van der Waals surface area contributed by atoms with E-state index in [9.17, 15) is 0 Å². The van der Waals surface area contributed by atoms with Gasteiger partial charge in [-0.15, -0.1) is 11.3 Å². The molecule has 1 aromatic rings. The van der Waals surface area contributed by atoms with Gasteiger partial charge in [0.15, 0.2) is 5.13 Å². The third-order valence-electron chi connectivity index (χ3n) is 3.48. The van der Waals surface area contributed by atoms with Crippen LogP contribution < -0.4 is 10.2 Å². The summed E-state index contributed by atoms with van der Waals surface area (Å²) in [7, 11) is 0. The van der Waals surface area contributed by atoms with E-state index in [1.807, 2.05) is 11.3 Å². The van der Waals surface area contributed by atoms with Crippen molar-refractivity contribution in [2.45, 2.75) is 51.8 Å². The number of nitrogens with zero attached hydrogens (tertiary/aromatic N) is 2. The van der Waals surface area contributed by atoms with Crippen LogP contribution in [0.15, 0.2) is 0 Å². The van der Waals surface area contributed by atoms with E-state index in [2.05, 4.69) is 42.7 Å². The molecular formula is C15H27N3S2. The van der Waals surface area contributed by atoms with E-state index in [-0.39, 0.29) is 0 Å². The quantitative estimate of drug-likeness (QED) is 0.779. The van der Waals surface area contributed by atoms with Crippen LogP contribution in [-0.2, 0) is 13.0 Å². The van der Waals surface area contributed by atoms with E-state index < -0.39 is 0 Å². The monoisotopic (exact) mass is 313 g/mol. The highest BCUT2D eigenvalue weighted by molar-refractivity contribution is 8.00. The largest absolute Gasteiger partial charge is 0.346 e. The molecule has 1 aliphatic heterocycles. The van der Waals surface area contributed by atoms with Crippen LogP contribution in [0.3, 0.4) is 0 Å². The molecule has 0 amide bonds. The topological polar surface area (TPSA) is 28.2 Å². The van der Waals surface area contributed by atoms with Gasteiger partial charge in [-0.2, -0.15) is 11.8 Å². The molecule has 0 spiro atoms. The normalized spacial score (nSPS) is 19.6. The second kappa shape index (κ2) is 8.25. The van der Waals surface area contributed by atoms with Crippen LogP contribution in [0, 0.1) is 0 Å². The molecule has 5 heteroatoms. The van der Waals surface area contributed by atoms with Crippen LogP contribution in [0.25, 0.3) is 0 Å². The first kappa shape index (κ1) is 16.1. The Hall–Kier alpha value is -0.260. The smallest absolute Gasteiger partial charge is 0.185 e. The van der Waals surface area contributed by atoms with E-state index in [1.54, 1.807) is 0 Å². The molecule has 2 heterocycles. The summed E-state index contributed by atoms with van der Waals surface area (Å²) >= 11 is 3.98. The lowest BCUT2D eigenvalue weighted by Gasteiger charge is -2.30. The van der Waals surface area contributed by atoms with Gasteiger partial charge in [-0.05, 0) is 19.4 Å². The maximum atomic E-state index is 4.93. The number of aromatic nitrogens is 1. The average Bonchev–Trinajstić information content (AvgIpc) is 2.83. The average molecular weight is 314 g/mol. The zero-order valence-corrected chi connectivity index (χ0v) is 14.6. The molecule has 1 fully saturated rings. The zero-order valence-electron chi connectivity index (χ0n) is 12.9. The van der Waals surface area contributed by atoms with Crippen molar-refractivity contribution >= 4 is 28.2 Å². The standard InChI is InChI=1S/C15H27N3S2/c1-4-6-13-14(10-16-7-5-2)20-15(17-13)18-8-9-19-12(3)11-18/h12,16H,4-11H2,1-3H3. The summed E-state index contributed by atoms with van der Waals surface area (Å²) in [5.41, 5.74) is 1.32. The second-order valence-corrected chi connectivity index (χ2v) is 8.03. The first-order valence-electron chi connectivity index (χ1n) is 7.80. The maximum Gasteiger partial charge on any atom is 0.185 e. The molecular weight excluding hydrogens is 286 g/mol. The predicted octanol–water partition coefficient (Wildman–Crippen LogP) is 3.54. The minimum Gasteiger partial charge on any atom is -0.346 e. The summed E-state index contributed by atoms with van der Waals surface area (Å²) in [6, 6.07) is 0. The summed E-state index contributed by atoms with van der Waals surface area (Å²) < 4.78 is 0. The molecule has 0 saturated carbocycles. The number of anilines is 1. The van der Waals surface area contributed by atoms with Gasteiger partial charge in [-0.25, -0.2) is 4.98 Å². The van der Waals surface area contributed by atoms with E-state index in [4.69, 9.17) is 4.98 Å². The molecule has 3 nitrogen and oxygen atoms in total. The van der Waals surface area contributed by atoms with E-state index in [0.717, 1.165) is 37.8 Å². The molecule has 2 rings (SSSR count). The van der Waals surface area contributed by atoms with Crippen LogP contribution in [0.4, 0.5) is 5.13 Å². The third-order valence-corrected chi connectivity index (χ3v) is 5.77. The number of rotatable bonds is 7. The van der Waals surface area contributed by atoms with Crippen molar-refractivity contribution in [2.24, 2.45) is 0 Å². The van der Waals surface area contributed by atoms with Gasteiger partial charge in [0, 0.05) is 35.5 Å². The predicted molar refractivity (Wildman–Crippen MR) is 92.2 cm³/mol. The molecule has 1 atom stereocenters. The third kappa shape index (κ3) is 4.37. The summed E-state index contributed by atoms with van der Waals surface area (Å²) in [5, 5.41) is 5.49. The van der Waals surface area contributed by atoms with Gasteiger partial charge >= 0.3 is 0 Å². The maximum absolute atomic E-state index is 4.93. The Morgan fingerprint density at radius 3 is 2.90 bits per heavy atom. The molecule has 0 aromatic carbocycles. The lowest BCUT2D eigenvalue weighted by molar-refractivity contribution is 0.674. The van der Waals surface area contributed by atoms with Crippen LogP contribution in [-0.4, -0.2) is 35.6 Å². The number of hydrogen-bond donors (Lipinski definition) is 1. The van der Waals surface area contributed by atoms with Crippen LogP contribution in [0.5, 0.6) is 0 Å². The molecule has 1 aliphatic rings. The van der Waals surface area contributed by atoms with Crippen molar-refractivity contribution in [2.75, 3.05) is 30.3 Å². The Balaban J connectivity index is 2.06. The highest BCUT2D eigenvalue weighted by atomic mass is 32.2. The second-order valence-electron chi connectivity index (χ2n) is 5.42. The Morgan fingerprint density at radius 2 is 2.20 bits per heavy atom. The van der Waals surface area contributed by atoms with E-state index >= 15 is 0 Å². The van der Waals surface area contributed by atoms with E-state index in [1.165, 1.54) is 34.3 Å². The molecule has 0 bridgehead atoms. The molecule has 1 aromatic heterocycles. The minimum absolute atomic E-state index is 0.726. The van der Waals surface area contributed by atoms with Crippen LogP contribution in [0.1, 0.15) is 44.2 Å². The number of thiazole rings is 1. The van der Waals surface area contributed by atoms with Crippen molar-refractivity contribution in [1.29, 1.82) is 0 Å². The highest BCUT2D eigenvalue weighted by Crippen LogP contribution is 2.30. The number of hydrogen-bond acceptors (Lipinski definition) is 5. The fraction of sp³-hybridized carbons (Fsp3) is 0.800. The van der Waals surface area contributed by atoms with Gasteiger partial charge in [0.2, 0.25) is 0 Å².